The van der Waals surface area contributed by atoms with Crippen molar-refractivity contribution < 1.29 is 9.13 Å². The molecule has 0 spiro atoms. The molecule has 0 fully saturated rings. The van der Waals surface area contributed by atoms with Crippen molar-refractivity contribution in [1.82, 2.24) is 9.88 Å². The lowest BCUT2D eigenvalue weighted by Gasteiger charge is -2.13. The fraction of sp³-hybridized carbons (Fsp3) is 0.200. The number of benzene rings is 2. The highest BCUT2D eigenvalue weighted by molar-refractivity contribution is 6.32. The van der Waals surface area contributed by atoms with E-state index in [1.54, 1.807) is 37.4 Å². The molecular formula is C25H25ClFN5O. The van der Waals surface area contributed by atoms with Crippen LogP contribution in [0.25, 0.3) is 0 Å². The maximum atomic E-state index is 14.6. The van der Waals surface area contributed by atoms with Crippen LogP contribution in [0.3, 0.4) is 0 Å². The van der Waals surface area contributed by atoms with E-state index >= 15 is 0 Å². The highest BCUT2D eigenvalue weighted by Gasteiger charge is 2.23. The number of aliphatic imine (C=N–C) groups is 1. The van der Waals surface area contributed by atoms with Crippen molar-refractivity contribution in [3.8, 4) is 5.88 Å². The van der Waals surface area contributed by atoms with E-state index in [2.05, 4.69) is 15.2 Å². The Labute approximate surface area is 197 Å². The molecule has 0 radical (unpaired) electrons. The van der Waals surface area contributed by atoms with E-state index in [1.807, 2.05) is 31.3 Å². The second-order valence-electron chi connectivity index (χ2n) is 7.84. The van der Waals surface area contributed by atoms with Crippen LogP contribution in [-0.2, 0) is 6.54 Å². The van der Waals surface area contributed by atoms with E-state index < -0.39 is 0 Å². The summed E-state index contributed by atoms with van der Waals surface area (Å²) in [5.74, 6) is 0.128. The molecule has 0 bridgehead atoms. The van der Waals surface area contributed by atoms with Crippen molar-refractivity contribution in [2.75, 3.05) is 32.6 Å². The van der Waals surface area contributed by atoms with Crippen molar-refractivity contribution in [3.63, 3.8) is 0 Å². The Morgan fingerprint density at radius 3 is 2.70 bits per heavy atom. The van der Waals surface area contributed by atoms with Gasteiger partial charge < -0.3 is 15.8 Å². The number of hydrogen-bond acceptors (Lipinski definition) is 6. The second kappa shape index (κ2) is 10.0. The Kier molecular flexibility index (Phi) is 6.91. The third-order valence-corrected chi connectivity index (χ3v) is 5.62. The first-order chi connectivity index (χ1) is 15.9. The van der Waals surface area contributed by atoms with Gasteiger partial charge >= 0.3 is 0 Å². The monoisotopic (exact) mass is 465 g/mol. The summed E-state index contributed by atoms with van der Waals surface area (Å²) in [4.78, 5) is 11.1. The number of pyridine rings is 1. The quantitative estimate of drug-likeness (QED) is 0.388. The third-order valence-electron chi connectivity index (χ3n) is 5.33. The second-order valence-corrected chi connectivity index (χ2v) is 8.20. The first-order valence-electron chi connectivity index (χ1n) is 10.5. The van der Waals surface area contributed by atoms with Gasteiger partial charge in [-0.1, -0.05) is 35.9 Å². The Morgan fingerprint density at radius 2 is 2.00 bits per heavy atom. The van der Waals surface area contributed by atoms with Crippen LogP contribution >= 0.6 is 11.6 Å². The summed E-state index contributed by atoms with van der Waals surface area (Å²) >= 11 is 6.25. The lowest BCUT2D eigenvalue weighted by molar-refractivity contribution is 0.398. The van der Waals surface area contributed by atoms with Gasteiger partial charge in [-0.15, -0.1) is 0 Å². The molecule has 0 aliphatic carbocycles. The summed E-state index contributed by atoms with van der Waals surface area (Å²) in [6.07, 6.45) is 0. The van der Waals surface area contributed by atoms with Crippen LogP contribution < -0.4 is 15.8 Å². The lowest BCUT2D eigenvalue weighted by atomic mass is 10.0. The van der Waals surface area contributed by atoms with Crippen LogP contribution in [0.15, 0.2) is 76.9 Å². The van der Waals surface area contributed by atoms with E-state index in [-0.39, 0.29) is 5.82 Å². The number of hydrogen-bond donors (Lipinski definition) is 2. The van der Waals surface area contributed by atoms with Gasteiger partial charge in [0.25, 0.3) is 0 Å². The zero-order valence-electron chi connectivity index (χ0n) is 18.5. The number of nitrogens with zero attached hydrogens (tertiary/aromatic N) is 3. The van der Waals surface area contributed by atoms with Crippen LogP contribution in [0.2, 0.25) is 5.15 Å². The van der Waals surface area contributed by atoms with Crippen LogP contribution in [0.1, 0.15) is 11.1 Å². The molecule has 6 nitrogen and oxygen atoms in total. The molecule has 0 unspecified atom stereocenters. The number of anilines is 2. The molecule has 3 N–H and O–H groups in total. The summed E-state index contributed by atoms with van der Waals surface area (Å²) in [5.41, 5.74) is 11.4. The van der Waals surface area contributed by atoms with E-state index in [0.29, 0.717) is 47.6 Å². The fourth-order valence-corrected chi connectivity index (χ4v) is 3.93. The van der Waals surface area contributed by atoms with Crippen LogP contribution in [0.5, 0.6) is 5.88 Å². The average molecular weight is 466 g/mol. The zero-order valence-corrected chi connectivity index (χ0v) is 19.2. The van der Waals surface area contributed by atoms with Gasteiger partial charge in [-0.2, -0.15) is 4.98 Å². The van der Waals surface area contributed by atoms with Gasteiger partial charge in [0.1, 0.15) is 5.82 Å². The number of rotatable bonds is 7. The first-order valence-corrected chi connectivity index (χ1v) is 10.8. The predicted molar refractivity (Wildman–Crippen MR) is 131 cm³/mol. The largest absolute Gasteiger partial charge is 0.481 e. The Bertz CT molecular complexity index is 1230. The Hall–Kier alpha value is -3.42. The van der Waals surface area contributed by atoms with Gasteiger partial charge in [-0.05, 0) is 42.9 Å². The van der Waals surface area contributed by atoms with Crippen LogP contribution in [0, 0.1) is 5.82 Å². The molecule has 0 atom stereocenters. The van der Waals surface area contributed by atoms with Crippen molar-refractivity contribution in [3.05, 3.63) is 94.0 Å². The number of nitrogens with two attached hydrogens (primary N) is 1. The summed E-state index contributed by atoms with van der Waals surface area (Å²) in [6.45, 7) is 1.64. The number of methoxy groups -OCH3 is 1. The molecule has 3 aromatic rings. The molecule has 1 aliphatic heterocycles. The van der Waals surface area contributed by atoms with Crippen molar-refractivity contribution in [2.24, 2.45) is 10.7 Å². The normalized spacial score (nSPS) is 14.6. The molecule has 170 valence electrons. The number of ether oxygens (including phenoxy) is 1. The van der Waals surface area contributed by atoms with Crippen molar-refractivity contribution in [1.29, 1.82) is 0 Å². The molecule has 1 aromatic heterocycles. The fourth-order valence-electron chi connectivity index (χ4n) is 3.73. The van der Waals surface area contributed by atoms with Crippen molar-refractivity contribution >= 4 is 28.7 Å². The third kappa shape index (κ3) is 5.32. The standard InChI is InChI=1S/C25H25ClFN5O/c1-32-14-19(21(28)15-32)24(18-8-3-4-9-20(18)27)29-13-16-6-5-7-17(12-16)30-22-10-11-23(33-2)31-25(22)26/h3-12,30H,13-15,28H2,1-2H3. The van der Waals surface area contributed by atoms with Gasteiger partial charge in [0.15, 0.2) is 5.15 Å². The minimum absolute atomic E-state index is 0.312. The summed E-state index contributed by atoms with van der Waals surface area (Å²) in [7, 11) is 3.52. The van der Waals surface area contributed by atoms with Crippen LogP contribution in [0.4, 0.5) is 15.8 Å². The van der Waals surface area contributed by atoms with E-state index in [4.69, 9.17) is 27.1 Å². The number of nitrogens with one attached hydrogen (secondary N) is 1. The molecule has 1 aliphatic rings. The van der Waals surface area contributed by atoms with E-state index in [0.717, 1.165) is 22.5 Å². The molecule has 0 saturated heterocycles. The van der Waals surface area contributed by atoms with E-state index in [1.165, 1.54) is 6.07 Å². The van der Waals surface area contributed by atoms with Gasteiger partial charge in [-0.3, -0.25) is 9.89 Å². The smallest absolute Gasteiger partial charge is 0.214 e. The maximum absolute atomic E-state index is 14.6. The van der Waals surface area contributed by atoms with Gasteiger partial charge in [0, 0.05) is 41.7 Å². The Morgan fingerprint density at radius 1 is 1.18 bits per heavy atom. The number of aromatic nitrogens is 1. The lowest BCUT2D eigenvalue weighted by Crippen LogP contribution is -2.18. The Balaban J connectivity index is 1.61. The highest BCUT2D eigenvalue weighted by Crippen LogP contribution is 2.27. The molecule has 0 amide bonds. The summed E-state index contributed by atoms with van der Waals surface area (Å²) in [6, 6.07) is 18.0. The molecular weight excluding hydrogens is 441 g/mol. The summed E-state index contributed by atoms with van der Waals surface area (Å²) < 4.78 is 19.7. The van der Waals surface area contributed by atoms with Gasteiger partial charge in [-0.25, -0.2) is 4.39 Å². The average Bonchev–Trinajstić information content (AvgIpc) is 3.14. The number of halogens is 2. The topological polar surface area (TPSA) is 75.8 Å². The maximum Gasteiger partial charge on any atom is 0.214 e. The van der Waals surface area contributed by atoms with Crippen LogP contribution in [-0.4, -0.2) is 42.8 Å². The van der Waals surface area contributed by atoms with Gasteiger partial charge in [0.05, 0.1) is 25.1 Å². The minimum atomic E-state index is -0.317. The van der Waals surface area contributed by atoms with E-state index in [9.17, 15) is 4.39 Å². The van der Waals surface area contributed by atoms with Gasteiger partial charge in [0.2, 0.25) is 5.88 Å². The molecule has 4 rings (SSSR count). The zero-order chi connectivity index (χ0) is 23.4. The predicted octanol–water partition coefficient (Wildman–Crippen LogP) is 4.77. The summed E-state index contributed by atoms with van der Waals surface area (Å²) in [5, 5.41) is 3.58. The number of likely N-dealkylation sites (N-methyl/N-ethyl adjacent to an activating group) is 1. The molecule has 2 aromatic carbocycles. The molecule has 33 heavy (non-hydrogen) atoms. The SMILES string of the molecule is COc1ccc(Nc2cccc(CN=C(C3=C(N)CN(C)C3)c3ccccc3F)c2)c(Cl)n1. The molecule has 8 heteroatoms. The molecule has 0 saturated carbocycles. The minimum Gasteiger partial charge on any atom is -0.481 e. The highest BCUT2D eigenvalue weighted by atomic mass is 35.5. The van der Waals surface area contributed by atoms with Crippen molar-refractivity contribution in [2.45, 2.75) is 6.54 Å². The molecule has 2 heterocycles. The first kappa shape index (κ1) is 22.8.